The molecule has 4 rings (SSSR count). The number of nitrogens with zero attached hydrogens (tertiary/aromatic N) is 2. The van der Waals surface area contributed by atoms with Crippen LogP contribution in [0.25, 0.3) is 11.5 Å². The lowest BCUT2D eigenvalue weighted by Gasteiger charge is -2.07. The van der Waals surface area contributed by atoms with E-state index in [9.17, 15) is 0 Å². The summed E-state index contributed by atoms with van der Waals surface area (Å²) in [5.74, 6) is 3.79. The van der Waals surface area contributed by atoms with Crippen molar-refractivity contribution in [3.63, 3.8) is 0 Å². The number of fused-ring (bicyclic) bond motifs is 1. The van der Waals surface area contributed by atoms with Crippen molar-refractivity contribution in [3.8, 4) is 34.5 Å². The predicted octanol–water partition coefficient (Wildman–Crippen LogP) is 4.54. The average Bonchev–Trinajstić information content (AvgIpc) is 3.34. The van der Waals surface area contributed by atoms with E-state index in [0.717, 1.165) is 27.1 Å². The third-order valence-corrected chi connectivity index (χ3v) is 5.54. The molecule has 0 spiro atoms. The van der Waals surface area contributed by atoms with Crippen molar-refractivity contribution in [2.45, 2.75) is 11.0 Å². The molecule has 0 saturated carbocycles. The molecule has 0 radical (unpaired) electrons. The van der Waals surface area contributed by atoms with Gasteiger partial charge in [0.15, 0.2) is 23.0 Å². The minimum Gasteiger partial charge on any atom is -0.493 e. The van der Waals surface area contributed by atoms with Gasteiger partial charge in [-0.15, -0.1) is 10.2 Å². The Morgan fingerprint density at radius 1 is 1.04 bits per heavy atom. The molecule has 0 atom stereocenters. The van der Waals surface area contributed by atoms with Crippen LogP contribution in [0.3, 0.4) is 0 Å². The first kappa shape index (κ1) is 18.0. The molecule has 0 fully saturated rings. The van der Waals surface area contributed by atoms with E-state index in [0.29, 0.717) is 28.4 Å². The number of hydrogen-bond acceptors (Lipinski definition) is 8. The molecule has 1 aliphatic rings. The Bertz CT molecular complexity index is 978. The van der Waals surface area contributed by atoms with Gasteiger partial charge in [-0.3, -0.25) is 0 Å². The number of ether oxygens (including phenoxy) is 4. The molecule has 1 aromatic heterocycles. The van der Waals surface area contributed by atoms with Gasteiger partial charge in [-0.1, -0.05) is 27.7 Å². The molecule has 7 nitrogen and oxygen atoms in total. The van der Waals surface area contributed by atoms with E-state index >= 15 is 0 Å². The fourth-order valence-corrected chi connectivity index (χ4v) is 3.97. The molecule has 140 valence electrons. The van der Waals surface area contributed by atoms with Gasteiger partial charge in [0.05, 0.1) is 14.2 Å². The Morgan fingerprint density at radius 2 is 1.81 bits per heavy atom. The van der Waals surface area contributed by atoms with Gasteiger partial charge in [-0.2, -0.15) is 0 Å². The number of halogens is 1. The summed E-state index contributed by atoms with van der Waals surface area (Å²) in [7, 11) is 3.17. The quantitative estimate of drug-likeness (QED) is 0.506. The molecule has 27 heavy (non-hydrogen) atoms. The maximum absolute atomic E-state index is 5.77. The summed E-state index contributed by atoms with van der Waals surface area (Å²) in [5, 5.41) is 8.71. The van der Waals surface area contributed by atoms with Crippen molar-refractivity contribution < 1.29 is 23.4 Å². The van der Waals surface area contributed by atoms with Crippen LogP contribution >= 0.6 is 27.7 Å². The molecule has 2 aromatic carbocycles. The van der Waals surface area contributed by atoms with Crippen LogP contribution < -0.4 is 18.9 Å². The second kappa shape index (κ2) is 7.69. The van der Waals surface area contributed by atoms with E-state index in [1.54, 1.807) is 26.4 Å². The molecular formula is C18H15BrN2O5S. The molecule has 0 saturated heterocycles. The smallest absolute Gasteiger partial charge is 0.277 e. The zero-order valence-corrected chi connectivity index (χ0v) is 16.9. The van der Waals surface area contributed by atoms with E-state index in [4.69, 9.17) is 23.4 Å². The third kappa shape index (κ3) is 3.70. The lowest BCUT2D eigenvalue weighted by molar-refractivity contribution is 0.174. The number of benzene rings is 2. The van der Waals surface area contributed by atoms with Gasteiger partial charge >= 0.3 is 0 Å². The first-order chi connectivity index (χ1) is 13.2. The molecule has 3 aromatic rings. The fraction of sp³-hybridized carbons (Fsp3) is 0.222. The van der Waals surface area contributed by atoms with Gasteiger partial charge in [-0.25, -0.2) is 0 Å². The normalized spacial score (nSPS) is 12.3. The summed E-state index contributed by atoms with van der Waals surface area (Å²) in [6.45, 7) is 0.247. The first-order valence-electron chi connectivity index (χ1n) is 7.94. The second-order valence-corrected chi connectivity index (χ2v) is 7.31. The highest BCUT2D eigenvalue weighted by molar-refractivity contribution is 9.10. The Kier molecular flexibility index (Phi) is 5.13. The summed E-state index contributed by atoms with van der Waals surface area (Å²) >= 11 is 5.00. The number of hydrogen-bond donors (Lipinski definition) is 0. The lowest BCUT2D eigenvalue weighted by atomic mass is 10.2. The van der Waals surface area contributed by atoms with Crippen molar-refractivity contribution in [2.24, 2.45) is 0 Å². The number of methoxy groups -OCH3 is 2. The third-order valence-electron chi connectivity index (χ3n) is 3.93. The average molecular weight is 451 g/mol. The van der Waals surface area contributed by atoms with Gasteiger partial charge in [0.25, 0.3) is 5.22 Å². The Balaban J connectivity index is 1.49. The Labute approximate surface area is 168 Å². The highest BCUT2D eigenvalue weighted by Gasteiger charge is 2.18. The monoisotopic (exact) mass is 450 g/mol. The van der Waals surface area contributed by atoms with Gasteiger partial charge in [0, 0.05) is 15.8 Å². The molecule has 0 bridgehead atoms. The topological polar surface area (TPSA) is 75.8 Å². The summed E-state index contributed by atoms with van der Waals surface area (Å²) < 4.78 is 28.1. The van der Waals surface area contributed by atoms with Crippen LogP contribution in [-0.2, 0) is 5.75 Å². The van der Waals surface area contributed by atoms with Crippen molar-refractivity contribution >= 4 is 27.7 Å². The van der Waals surface area contributed by atoms with E-state index in [-0.39, 0.29) is 6.79 Å². The van der Waals surface area contributed by atoms with E-state index in [1.165, 1.54) is 11.8 Å². The van der Waals surface area contributed by atoms with Gasteiger partial charge in [-0.05, 0) is 35.9 Å². The number of rotatable bonds is 6. The van der Waals surface area contributed by atoms with Crippen molar-refractivity contribution in [3.05, 3.63) is 40.4 Å². The van der Waals surface area contributed by atoms with Crippen LogP contribution in [0, 0.1) is 0 Å². The van der Waals surface area contributed by atoms with Crippen molar-refractivity contribution in [1.82, 2.24) is 10.2 Å². The van der Waals surface area contributed by atoms with Crippen LogP contribution in [0.1, 0.15) is 5.56 Å². The molecule has 0 aliphatic carbocycles. The molecule has 9 heteroatoms. The minimum absolute atomic E-state index is 0.247. The van der Waals surface area contributed by atoms with Crippen LogP contribution in [0.5, 0.6) is 23.0 Å². The summed E-state index contributed by atoms with van der Waals surface area (Å²) in [6.07, 6.45) is 0. The molecule has 2 heterocycles. The summed E-state index contributed by atoms with van der Waals surface area (Å²) in [6, 6.07) is 9.30. The molecule has 0 unspecified atom stereocenters. The largest absolute Gasteiger partial charge is 0.493 e. The molecule has 0 N–H and O–H groups in total. The SMILES string of the molecule is COc1ccc(-c2nnc(SCc3cc4c(cc3Br)OCO4)o2)cc1OC. The van der Waals surface area contributed by atoms with Crippen molar-refractivity contribution in [2.75, 3.05) is 21.0 Å². The van der Waals surface area contributed by atoms with Gasteiger partial charge in [0.1, 0.15) is 0 Å². The van der Waals surface area contributed by atoms with Crippen LogP contribution in [-0.4, -0.2) is 31.2 Å². The molecular weight excluding hydrogens is 436 g/mol. The second-order valence-electron chi connectivity index (χ2n) is 5.53. The van der Waals surface area contributed by atoms with Crippen LogP contribution in [0.15, 0.2) is 44.4 Å². The van der Waals surface area contributed by atoms with Crippen molar-refractivity contribution in [1.29, 1.82) is 0 Å². The van der Waals surface area contributed by atoms with E-state index in [1.807, 2.05) is 18.2 Å². The van der Waals surface area contributed by atoms with Crippen LogP contribution in [0.4, 0.5) is 0 Å². The number of aromatic nitrogens is 2. The maximum atomic E-state index is 5.77. The van der Waals surface area contributed by atoms with Crippen LogP contribution in [0.2, 0.25) is 0 Å². The zero-order valence-electron chi connectivity index (χ0n) is 14.5. The number of thioether (sulfide) groups is 1. The standard InChI is InChI=1S/C18H15BrN2O5S/c1-22-13-4-3-10(5-14(13)23-2)17-20-21-18(26-17)27-8-11-6-15-16(7-12(11)19)25-9-24-15/h3-7H,8-9H2,1-2H3. The highest BCUT2D eigenvalue weighted by Crippen LogP contribution is 2.39. The molecule has 0 amide bonds. The zero-order chi connectivity index (χ0) is 18.8. The lowest BCUT2D eigenvalue weighted by Crippen LogP contribution is -1.92. The Morgan fingerprint density at radius 3 is 2.59 bits per heavy atom. The maximum Gasteiger partial charge on any atom is 0.277 e. The fourth-order valence-electron chi connectivity index (χ4n) is 2.56. The minimum atomic E-state index is 0.247. The summed E-state index contributed by atoms with van der Waals surface area (Å²) in [5.41, 5.74) is 1.81. The van der Waals surface area contributed by atoms with Gasteiger partial charge < -0.3 is 23.4 Å². The predicted molar refractivity (Wildman–Crippen MR) is 103 cm³/mol. The first-order valence-corrected chi connectivity index (χ1v) is 9.72. The Hall–Kier alpha value is -2.39. The van der Waals surface area contributed by atoms with Gasteiger partial charge in [0.2, 0.25) is 12.7 Å². The van der Waals surface area contributed by atoms with E-state index < -0.39 is 0 Å². The molecule has 1 aliphatic heterocycles. The highest BCUT2D eigenvalue weighted by atomic mass is 79.9. The van der Waals surface area contributed by atoms with E-state index in [2.05, 4.69) is 26.1 Å². The summed E-state index contributed by atoms with van der Waals surface area (Å²) in [4.78, 5) is 0.